The summed E-state index contributed by atoms with van der Waals surface area (Å²) in [5.74, 6) is 0. The van der Waals surface area contributed by atoms with Crippen molar-refractivity contribution in [3.63, 3.8) is 0 Å². The average Bonchev–Trinajstić information content (AvgIpc) is 2.04. The second kappa shape index (κ2) is 4.42. The fourth-order valence-electron chi connectivity index (χ4n) is 0.861. The minimum absolute atomic E-state index is 0.946. The van der Waals surface area contributed by atoms with Crippen molar-refractivity contribution in [2.24, 2.45) is 0 Å². The number of benzene rings is 1. The van der Waals surface area contributed by atoms with Crippen LogP contribution in [0.15, 0.2) is 24.3 Å². The number of hydrogen-bond acceptors (Lipinski definition) is 2. The molecule has 0 amide bonds. The molecule has 0 radical (unpaired) electrons. The second-order valence-corrected chi connectivity index (χ2v) is 3.21. The van der Waals surface area contributed by atoms with Crippen LogP contribution >= 0.6 is 11.9 Å². The van der Waals surface area contributed by atoms with Gasteiger partial charge in [-0.15, -0.1) is 0 Å². The Kier molecular flexibility index (Phi) is 3.46. The highest BCUT2D eigenvalue weighted by Crippen LogP contribution is 2.03. The standard InChI is InChI=1S/C9H13NS/c1-8-3-5-9(6-4-8)7-10-11-2/h3-6,10H,7H2,1-2H3. The molecule has 0 saturated heterocycles. The Hall–Kier alpha value is -0.470. The van der Waals surface area contributed by atoms with Gasteiger partial charge in [0.05, 0.1) is 0 Å². The lowest BCUT2D eigenvalue weighted by Crippen LogP contribution is -2.01. The van der Waals surface area contributed by atoms with Gasteiger partial charge in [-0.25, -0.2) is 0 Å². The Morgan fingerprint density at radius 2 is 1.91 bits per heavy atom. The molecule has 1 nitrogen and oxygen atoms in total. The third-order valence-electron chi connectivity index (χ3n) is 1.54. The molecule has 0 bridgehead atoms. The molecular formula is C9H13NS. The fraction of sp³-hybridized carbons (Fsp3) is 0.333. The van der Waals surface area contributed by atoms with E-state index >= 15 is 0 Å². The van der Waals surface area contributed by atoms with E-state index in [1.165, 1.54) is 11.1 Å². The smallest absolute Gasteiger partial charge is 0.0309 e. The van der Waals surface area contributed by atoms with Crippen LogP contribution in [-0.4, -0.2) is 6.26 Å². The Balaban J connectivity index is 2.52. The van der Waals surface area contributed by atoms with Crippen molar-refractivity contribution < 1.29 is 0 Å². The van der Waals surface area contributed by atoms with Gasteiger partial charge >= 0.3 is 0 Å². The normalized spacial score (nSPS) is 10.0. The fourth-order valence-corrected chi connectivity index (χ4v) is 1.17. The van der Waals surface area contributed by atoms with E-state index in [2.05, 4.69) is 35.9 Å². The molecule has 1 N–H and O–H groups in total. The zero-order valence-corrected chi connectivity index (χ0v) is 7.74. The van der Waals surface area contributed by atoms with Crippen LogP contribution in [0.3, 0.4) is 0 Å². The van der Waals surface area contributed by atoms with E-state index in [9.17, 15) is 0 Å². The highest BCUT2D eigenvalue weighted by atomic mass is 32.2. The molecule has 0 unspecified atom stereocenters. The van der Waals surface area contributed by atoms with Crippen molar-refractivity contribution in [1.29, 1.82) is 0 Å². The van der Waals surface area contributed by atoms with Crippen molar-refractivity contribution >= 4 is 11.9 Å². The summed E-state index contributed by atoms with van der Waals surface area (Å²) in [5, 5.41) is 0. The Morgan fingerprint density at radius 1 is 1.27 bits per heavy atom. The van der Waals surface area contributed by atoms with Gasteiger partial charge in [-0.3, -0.25) is 4.72 Å². The van der Waals surface area contributed by atoms with Crippen molar-refractivity contribution in [1.82, 2.24) is 4.72 Å². The van der Waals surface area contributed by atoms with Gasteiger partial charge in [0.1, 0.15) is 0 Å². The van der Waals surface area contributed by atoms with Gasteiger partial charge in [0.25, 0.3) is 0 Å². The van der Waals surface area contributed by atoms with E-state index < -0.39 is 0 Å². The lowest BCUT2D eigenvalue weighted by Gasteiger charge is -2.00. The zero-order valence-electron chi connectivity index (χ0n) is 6.92. The molecule has 0 aromatic heterocycles. The molecule has 1 aromatic rings. The van der Waals surface area contributed by atoms with E-state index in [4.69, 9.17) is 0 Å². The third kappa shape index (κ3) is 2.95. The molecule has 0 aliphatic heterocycles. The quantitative estimate of drug-likeness (QED) is 0.694. The van der Waals surface area contributed by atoms with Gasteiger partial charge in [-0.1, -0.05) is 41.8 Å². The van der Waals surface area contributed by atoms with Gasteiger partial charge in [0.15, 0.2) is 0 Å². The molecular weight excluding hydrogens is 154 g/mol. The van der Waals surface area contributed by atoms with Crippen LogP contribution < -0.4 is 4.72 Å². The Labute approximate surface area is 72.3 Å². The molecule has 0 aliphatic rings. The van der Waals surface area contributed by atoms with Gasteiger partial charge in [-0.2, -0.15) is 0 Å². The van der Waals surface area contributed by atoms with E-state index in [0.29, 0.717) is 0 Å². The summed E-state index contributed by atoms with van der Waals surface area (Å²) in [5.41, 5.74) is 2.66. The lowest BCUT2D eigenvalue weighted by atomic mass is 10.2. The van der Waals surface area contributed by atoms with Crippen molar-refractivity contribution in [2.75, 3.05) is 6.26 Å². The predicted molar refractivity (Wildman–Crippen MR) is 51.5 cm³/mol. The van der Waals surface area contributed by atoms with Gasteiger partial charge in [0, 0.05) is 6.54 Å². The molecule has 1 rings (SSSR count). The number of rotatable bonds is 3. The first-order valence-corrected chi connectivity index (χ1v) is 4.87. The number of nitrogens with one attached hydrogen (secondary N) is 1. The topological polar surface area (TPSA) is 12.0 Å². The average molecular weight is 167 g/mol. The van der Waals surface area contributed by atoms with Gasteiger partial charge < -0.3 is 0 Å². The monoisotopic (exact) mass is 167 g/mol. The van der Waals surface area contributed by atoms with E-state index in [1.54, 1.807) is 11.9 Å². The molecule has 0 heterocycles. The van der Waals surface area contributed by atoms with E-state index in [-0.39, 0.29) is 0 Å². The third-order valence-corrected chi connectivity index (χ3v) is 1.97. The molecule has 0 atom stereocenters. The largest absolute Gasteiger partial charge is 0.260 e. The van der Waals surface area contributed by atoms with E-state index in [1.807, 2.05) is 6.26 Å². The molecule has 0 spiro atoms. The number of aryl methyl sites for hydroxylation is 1. The Morgan fingerprint density at radius 3 is 2.45 bits per heavy atom. The molecule has 0 fully saturated rings. The summed E-state index contributed by atoms with van der Waals surface area (Å²) in [6, 6.07) is 8.58. The molecule has 11 heavy (non-hydrogen) atoms. The SMILES string of the molecule is CSNCc1ccc(C)cc1. The van der Waals surface area contributed by atoms with Crippen LogP contribution in [0.2, 0.25) is 0 Å². The first kappa shape index (κ1) is 8.62. The Bertz CT molecular complexity index is 205. The maximum atomic E-state index is 3.20. The van der Waals surface area contributed by atoms with Crippen molar-refractivity contribution in [3.05, 3.63) is 35.4 Å². The van der Waals surface area contributed by atoms with Crippen molar-refractivity contribution in [3.8, 4) is 0 Å². The van der Waals surface area contributed by atoms with Gasteiger partial charge in [0.2, 0.25) is 0 Å². The first-order valence-electron chi connectivity index (χ1n) is 3.64. The highest BCUT2D eigenvalue weighted by Gasteiger charge is 1.89. The maximum absolute atomic E-state index is 3.20. The zero-order chi connectivity index (χ0) is 8.10. The molecule has 0 saturated carbocycles. The lowest BCUT2D eigenvalue weighted by molar-refractivity contribution is 0.978. The maximum Gasteiger partial charge on any atom is 0.0309 e. The van der Waals surface area contributed by atoms with Crippen LogP contribution in [-0.2, 0) is 6.54 Å². The highest BCUT2D eigenvalue weighted by molar-refractivity contribution is 7.96. The van der Waals surface area contributed by atoms with Crippen LogP contribution in [0.1, 0.15) is 11.1 Å². The predicted octanol–water partition coefficient (Wildman–Crippen LogP) is 2.36. The molecule has 2 heteroatoms. The number of hydrogen-bond donors (Lipinski definition) is 1. The first-order chi connectivity index (χ1) is 5.33. The van der Waals surface area contributed by atoms with Crippen molar-refractivity contribution in [2.45, 2.75) is 13.5 Å². The minimum Gasteiger partial charge on any atom is -0.260 e. The molecule has 60 valence electrons. The van der Waals surface area contributed by atoms with E-state index in [0.717, 1.165) is 6.54 Å². The van der Waals surface area contributed by atoms with Crippen LogP contribution in [0.4, 0.5) is 0 Å². The van der Waals surface area contributed by atoms with Gasteiger partial charge in [-0.05, 0) is 18.7 Å². The summed E-state index contributed by atoms with van der Waals surface area (Å²) in [6.07, 6.45) is 2.04. The summed E-state index contributed by atoms with van der Waals surface area (Å²) < 4.78 is 3.20. The minimum atomic E-state index is 0.946. The summed E-state index contributed by atoms with van der Waals surface area (Å²) in [4.78, 5) is 0. The second-order valence-electron chi connectivity index (χ2n) is 2.51. The van der Waals surface area contributed by atoms with Crippen LogP contribution in [0.25, 0.3) is 0 Å². The van der Waals surface area contributed by atoms with Crippen LogP contribution in [0, 0.1) is 6.92 Å². The summed E-state index contributed by atoms with van der Waals surface area (Å²) in [6.45, 7) is 3.05. The summed E-state index contributed by atoms with van der Waals surface area (Å²) >= 11 is 1.65. The molecule has 1 aromatic carbocycles. The summed E-state index contributed by atoms with van der Waals surface area (Å²) in [7, 11) is 0. The van der Waals surface area contributed by atoms with Crippen LogP contribution in [0.5, 0.6) is 0 Å². The molecule has 0 aliphatic carbocycles.